The van der Waals surface area contributed by atoms with E-state index >= 15 is 0 Å². The molecule has 0 spiro atoms. The fourth-order valence-electron chi connectivity index (χ4n) is 4.36. The molecule has 0 aromatic rings. The maximum absolute atomic E-state index is 13.4. The molecule has 1 N–H and O–H groups in total. The molecule has 2 unspecified atom stereocenters. The number of nitrogens with zero attached hydrogens (tertiary/aromatic N) is 3. The van der Waals surface area contributed by atoms with Gasteiger partial charge in [0.15, 0.2) is 0 Å². The molecule has 0 aromatic carbocycles. The molecule has 0 aliphatic carbocycles. The number of likely N-dealkylation sites (tertiary alicyclic amines) is 1. The normalized spacial score (nSPS) is 34.0. The van der Waals surface area contributed by atoms with Crippen LogP contribution in [0, 0.1) is 11.3 Å². The summed E-state index contributed by atoms with van der Waals surface area (Å²) in [5.74, 6) is -0.230. The Kier molecular flexibility index (Phi) is 5.42. The first-order valence-electron chi connectivity index (χ1n) is 9.05. The van der Waals surface area contributed by atoms with Crippen LogP contribution < -0.4 is 5.32 Å². The minimum Gasteiger partial charge on any atom is -0.450 e. The molecule has 2 amide bonds. The van der Waals surface area contributed by atoms with Crippen LogP contribution in [0.3, 0.4) is 0 Å². The van der Waals surface area contributed by atoms with E-state index in [1.165, 1.54) is 4.90 Å². The van der Waals surface area contributed by atoms with Crippen molar-refractivity contribution in [2.24, 2.45) is 0 Å². The highest BCUT2D eigenvalue weighted by Crippen LogP contribution is 2.36. The monoisotopic (exact) mass is 352 g/mol. The van der Waals surface area contributed by atoms with E-state index in [1.807, 2.05) is 11.0 Å². The number of piperidine rings is 1. The number of amides is 2. The van der Waals surface area contributed by atoms with E-state index in [4.69, 9.17) is 10.00 Å². The van der Waals surface area contributed by atoms with E-state index < -0.39 is 12.2 Å². The molecule has 2 bridgehead atoms. The Morgan fingerprint density at radius 2 is 1.96 bits per heavy atom. The lowest BCUT2D eigenvalue weighted by molar-refractivity contribution is -0.130. The van der Waals surface area contributed by atoms with Crippen LogP contribution in [0.25, 0.3) is 0 Å². The third kappa shape index (κ3) is 3.71. The second kappa shape index (κ2) is 7.56. The van der Waals surface area contributed by atoms with Crippen LogP contribution in [-0.2, 0) is 9.53 Å². The van der Waals surface area contributed by atoms with Gasteiger partial charge in [-0.05, 0) is 32.6 Å². The van der Waals surface area contributed by atoms with Crippen LogP contribution in [0.4, 0.5) is 9.18 Å². The maximum Gasteiger partial charge on any atom is 0.410 e. The van der Waals surface area contributed by atoms with Gasteiger partial charge in [0.25, 0.3) is 0 Å². The molecule has 8 heteroatoms. The predicted octanol–water partition coefficient (Wildman–Crippen LogP) is 1.19. The molecule has 3 aliphatic heterocycles. The highest BCUT2D eigenvalue weighted by molar-refractivity contribution is 5.79. The molecule has 7 nitrogen and oxygen atoms in total. The van der Waals surface area contributed by atoms with Crippen molar-refractivity contribution in [3.8, 4) is 6.07 Å². The average molecular weight is 352 g/mol. The molecule has 3 fully saturated rings. The minimum absolute atomic E-state index is 0.00525. The summed E-state index contributed by atoms with van der Waals surface area (Å²) in [6, 6.07) is 1.79. The number of rotatable bonds is 4. The number of halogens is 1. The Bertz CT molecular complexity index is 553. The van der Waals surface area contributed by atoms with E-state index in [0.29, 0.717) is 6.61 Å². The third-order valence-corrected chi connectivity index (χ3v) is 5.47. The van der Waals surface area contributed by atoms with Crippen molar-refractivity contribution < 1.29 is 18.7 Å². The zero-order valence-electron chi connectivity index (χ0n) is 14.5. The van der Waals surface area contributed by atoms with Crippen LogP contribution >= 0.6 is 0 Å². The number of fused-ring (bicyclic) bond motifs is 2. The molecule has 0 aromatic heterocycles. The summed E-state index contributed by atoms with van der Waals surface area (Å²) in [4.78, 5) is 27.5. The summed E-state index contributed by atoms with van der Waals surface area (Å²) >= 11 is 0. The van der Waals surface area contributed by atoms with Gasteiger partial charge < -0.3 is 19.9 Å². The molecule has 3 saturated heterocycles. The number of carbonyl (C=O) groups is 2. The van der Waals surface area contributed by atoms with Crippen molar-refractivity contribution in [2.75, 3.05) is 19.7 Å². The molecule has 4 atom stereocenters. The Labute approximate surface area is 147 Å². The number of hydrogen-bond donors (Lipinski definition) is 1. The van der Waals surface area contributed by atoms with E-state index in [0.717, 1.165) is 25.7 Å². The molecule has 3 heterocycles. The summed E-state index contributed by atoms with van der Waals surface area (Å²) in [5, 5.41) is 12.3. The van der Waals surface area contributed by atoms with Crippen LogP contribution in [0.1, 0.15) is 39.0 Å². The highest BCUT2D eigenvalue weighted by atomic mass is 19.1. The first-order chi connectivity index (χ1) is 12.0. The number of alkyl halides is 1. The van der Waals surface area contributed by atoms with Crippen molar-refractivity contribution in [1.82, 2.24) is 15.1 Å². The molecule has 3 aliphatic rings. The standard InChI is InChI=1S/C17H25FN4O3/c1-2-25-17(24)22-13-3-4-14(22)7-12(6-13)20-9-16(23)21-10-11(18)5-15(21)8-19/h11-15,20H,2-7,9-10H2,1H3/t11-,12?,13?,14?,15-/m0/s1. The van der Waals surface area contributed by atoms with E-state index in [-0.39, 0.29) is 49.6 Å². The lowest BCUT2D eigenvalue weighted by Crippen LogP contribution is -2.53. The van der Waals surface area contributed by atoms with Crippen LogP contribution in [-0.4, -0.2) is 71.8 Å². The van der Waals surface area contributed by atoms with E-state index in [1.54, 1.807) is 6.92 Å². The molecular weight excluding hydrogens is 327 g/mol. The molecule has 25 heavy (non-hydrogen) atoms. The number of ether oxygens (including phenoxy) is 1. The first-order valence-corrected chi connectivity index (χ1v) is 9.05. The predicted molar refractivity (Wildman–Crippen MR) is 87.3 cm³/mol. The fourth-order valence-corrected chi connectivity index (χ4v) is 4.36. The first kappa shape index (κ1) is 17.9. The molecule has 0 saturated carbocycles. The van der Waals surface area contributed by atoms with Crippen LogP contribution in [0.5, 0.6) is 0 Å². The molecule has 138 valence electrons. The molecular formula is C17H25FN4O3. The van der Waals surface area contributed by atoms with Gasteiger partial charge >= 0.3 is 6.09 Å². The van der Waals surface area contributed by atoms with Crippen molar-refractivity contribution in [3.63, 3.8) is 0 Å². The summed E-state index contributed by atoms with van der Waals surface area (Å²) in [5.41, 5.74) is 0. The smallest absolute Gasteiger partial charge is 0.410 e. The zero-order chi connectivity index (χ0) is 18.0. The van der Waals surface area contributed by atoms with Crippen LogP contribution in [0.2, 0.25) is 0 Å². The van der Waals surface area contributed by atoms with Gasteiger partial charge in [-0.25, -0.2) is 9.18 Å². The number of nitriles is 1. The summed E-state index contributed by atoms with van der Waals surface area (Å²) in [7, 11) is 0. The van der Waals surface area contributed by atoms with Crippen molar-refractivity contribution >= 4 is 12.0 Å². The van der Waals surface area contributed by atoms with Gasteiger partial charge in [0.05, 0.1) is 25.8 Å². The van der Waals surface area contributed by atoms with Crippen molar-refractivity contribution in [1.29, 1.82) is 5.26 Å². The highest BCUT2D eigenvalue weighted by Gasteiger charge is 2.44. The number of carbonyl (C=O) groups excluding carboxylic acids is 2. The second-order valence-electron chi connectivity index (χ2n) is 7.06. The largest absolute Gasteiger partial charge is 0.450 e. The Morgan fingerprint density at radius 3 is 2.56 bits per heavy atom. The maximum atomic E-state index is 13.4. The van der Waals surface area contributed by atoms with E-state index in [2.05, 4.69) is 5.32 Å². The van der Waals surface area contributed by atoms with Gasteiger partial charge in [-0.2, -0.15) is 5.26 Å². The lowest BCUT2D eigenvalue weighted by Gasteiger charge is -2.38. The quantitative estimate of drug-likeness (QED) is 0.821. The fraction of sp³-hybridized carbons (Fsp3) is 0.824. The topological polar surface area (TPSA) is 85.7 Å². The van der Waals surface area contributed by atoms with Gasteiger partial charge in [-0.3, -0.25) is 4.79 Å². The van der Waals surface area contributed by atoms with Gasteiger partial charge in [-0.1, -0.05) is 0 Å². The summed E-state index contributed by atoms with van der Waals surface area (Å²) in [6.45, 7) is 2.28. The zero-order valence-corrected chi connectivity index (χ0v) is 14.5. The third-order valence-electron chi connectivity index (χ3n) is 5.47. The molecule has 0 radical (unpaired) electrons. The SMILES string of the molecule is CCOC(=O)N1C2CCC1CC(NCC(=O)N1C[C@@H](F)C[C@H]1C#N)C2. The van der Waals surface area contributed by atoms with Crippen molar-refractivity contribution in [2.45, 2.75) is 69.4 Å². The van der Waals surface area contributed by atoms with Gasteiger partial charge in [-0.15, -0.1) is 0 Å². The van der Waals surface area contributed by atoms with Crippen molar-refractivity contribution in [3.05, 3.63) is 0 Å². The van der Waals surface area contributed by atoms with Gasteiger partial charge in [0.1, 0.15) is 12.2 Å². The van der Waals surface area contributed by atoms with E-state index in [9.17, 15) is 14.0 Å². The Morgan fingerprint density at radius 1 is 1.28 bits per heavy atom. The second-order valence-corrected chi connectivity index (χ2v) is 7.06. The number of nitrogens with one attached hydrogen (secondary N) is 1. The minimum atomic E-state index is -1.11. The summed E-state index contributed by atoms with van der Waals surface area (Å²) in [6.07, 6.45) is 2.24. The van der Waals surface area contributed by atoms with Gasteiger partial charge in [0, 0.05) is 24.5 Å². The van der Waals surface area contributed by atoms with Crippen LogP contribution in [0.15, 0.2) is 0 Å². The number of hydrogen-bond acceptors (Lipinski definition) is 5. The molecule has 3 rings (SSSR count). The lowest BCUT2D eigenvalue weighted by atomic mass is 9.98. The Hall–Kier alpha value is -1.88. The Balaban J connectivity index is 1.50. The summed E-state index contributed by atoms with van der Waals surface area (Å²) < 4.78 is 18.6. The average Bonchev–Trinajstić information content (AvgIpc) is 3.10. The van der Waals surface area contributed by atoms with Gasteiger partial charge in [0.2, 0.25) is 5.91 Å².